The lowest BCUT2D eigenvalue weighted by molar-refractivity contribution is -0.171. The zero-order valence-corrected chi connectivity index (χ0v) is 10.7. The van der Waals surface area contributed by atoms with Crippen molar-refractivity contribution in [3.8, 4) is 0 Å². The molecule has 1 amide bonds. The summed E-state index contributed by atoms with van der Waals surface area (Å²) in [6.45, 7) is 0.189. The third-order valence-electron chi connectivity index (χ3n) is 3.07. The highest BCUT2D eigenvalue weighted by molar-refractivity contribution is 5.97. The second-order valence-electron chi connectivity index (χ2n) is 4.69. The number of nitrogens with zero attached hydrogens (tertiary/aromatic N) is 3. The molecule has 9 heteroatoms. The predicted molar refractivity (Wildman–Crippen MR) is 62.9 cm³/mol. The smallest absolute Gasteiger partial charge is 0.312 e. The van der Waals surface area contributed by atoms with E-state index in [-0.39, 0.29) is 25.2 Å². The molecule has 1 aliphatic rings. The second kappa shape index (κ2) is 5.39. The van der Waals surface area contributed by atoms with E-state index in [0.29, 0.717) is 4.90 Å². The SMILES string of the molecule is Cn1cc(N(C(=O)C(F)(F)F)[C@H]2CNC[C@@H](F)C2)cn1. The highest BCUT2D eigenvalue weighted by Crippen LogP contribution is 2.27. The molecule has 1 aromatic rings. The number of hydrogen-bond acceptors (Lipinski definition) is 3. The second-order valence-corrected chi connectivity index (χ2v) is 4.69. The van der Waals surface area contributed by atoms with E-state index in [9.17, 15) is 22.4 Å². The van der Waals surface area contributed by atoms with Gasteiger partial charge in [-0.05, 0) is 0 Å². The fourth-order valence-corrected chi connectivity index (χ4v) is 2.23. The highest BCUT2D eigenvalue weighted by atomic mass is 19.4. The van der Waals surface area contributed by atoms with E-state index in [4.69, 9.17) is 0 Å². The van der Waals surface area contributed by atoms with Crippen LogP contribution in [-0.4, -0.2) is 47.2 Å². The summed E-state index contributed by atoms with van der Waals surface area (Å²) in [6.07, 6.45) is -3.98. The Balaban J connectivity index is 2.31. The number of nitrogens with one attached hydrogen (secondary N) is 1. The van der Waals surface area contributed by atoms with Crippen LogP contribution >= 0.6 is 0 Å². The molecule has 20 heavy (non-hydrogen) atoms. The van der Waals surface area contributed by atoms with Crippen LogP contribution in [0.3, 0.4) is 0 Å². The number of anilines is 1. The van der Waals surface area contributed by atoms with Gasteiger partial charge >= 0.3 is 12.1 Å². The lowest BCUT2D eigenvalue weighted by atomic mass is 10.0. The van der Waals surface area contributed by atoms with Crippen molar-refractivity contribution in [3.63, 3.8) is 0 Å². The van der Waals surface area contributed by atoms with Crippen molar-refractivity contribution in [2.45, 2.75) is 24.8 Å². The fourth-order valence-electron chi connectivity index (χ4n) is 2.23. The van der Waals surface area contributed by atoms with Gasteiger partial charge in [-0.15, -0.1) is 0 Å². The van der Waals surface area contributed by atoms with Crippen LogP contribution in [-0.2, 0) is 11.8 Å². The quantitative estimate of drug-likeness (QED) is 0.828. The van der Waals surface area contributed by atoms with Crippen molar-refractivity contribution in [1.29, 1.82) is 0 Å². The highest BCUT2D eigenvalue weighted by Gasteiger charge is 2.46. The fraction of sp³-hybridized carbons (Fsp3) is 0.636. The van der Waals surface area contributed by atoms with Gasteiger partial charge in [0.25, 0.3) is 0 Å². The molecule has 2 rings (SSSR count). The van der Waals surface area contributed by atoms with E-state index in [1.54, 1.807) is 0 Å². The Labute approximate surface area is 112 Å². The maximum Gasteiger partial charge on any atom is 0.471 e. The molecule has 0 radical (unpaired) electrons. The first-order valence-electron chi connectivity index (χ1n) is 6.03. The third-order valence-corrected chi connectivity index (χ3v) is 3.07. The summed E-state index contributed by atoms with van der Waals surface area (Å²) in [4.78, 5) is 12.2. The molecular formula is C11H14F4N4O. The van der Waals surface area contributed by atoms with Crippen molar-refractivity contribution in [2.75, 3.05) is 18.0 Å². The summed E-state index contributed by atoms with van der Waals surface area (Å²) in [5.41, 5.74) is 0.00993. The molecule has 5 nitrogen and oxygen atoms in total. The lowest BCUT2D eigenvalue weighted by Gasteiger charge is -2.35. The maximum atomic E-state index is 13.4. The molecule has 0 aliphatic carbocycles. The van der Waals surface area contributed by atoms with E-state index in [2.05, 4.69) is 10.4 Å². The number of piperidine rings is 1. The predicted octanol–water partition coefficient (Wildman–Crippen LogP) is 1.02. The number of halogens is 4. The Morgan fingerprint density at radius 3 is 2.70 bits per heavy atom. The molecule has 0 spiro atoms. The van der Waals surface area contributed by atoms with Gasteiger partial charge in [-0.25, -0.2) is 4.39 Å². The topological polar surface area (TPSA) is 50.2 Å². The first-order chi connectivity index (χ1) is 9.29. The normalized spacial score (nSPS) is 23.6. The molecule has 1 saturated heterocycles. The minimum absolute atomic E-state index is 0.00993. The molecule has 0 unspecified atom stereocenters. The van der Waals surface area contributed by atoms with Crippen LogP contribution in [0.4, 0.5) is 23.2 Å². The van der Waals surface area contributed by atoms with Crippen LogP contribution in [0, 0.1) is 0 Å². The van der Waals surface area contributed by atoms with Gasteiger partial charge in [0, 0.05) is 32.8 Å². The minimum atomic E-state index is -5.01. The van der Waals surface area contributed by atoms with E-state index in [0.717, 1.165) is 6.20 Å². The summed E-state index contributed by atoms with van der Waals surface area (Å²) < 4.78 is 52.8. The van der Waals surface area contributed by atoms with E-state index >= 15 is 0 Å². The Hall–Kier alpha value is -1.64. The number of carbonyl (C=O) groups is 1. The van der Waals surface area contributed by atoms with Gasteiger partial charge in [0.05, 0.1) is 17.9 Å². The van der Waals surface area contributed by atoms with Gasteiger partial charge in [0.1, 0.15) is 6.17 Å². The van der Waals surface area contributed by atoms with Crippen molar-refractivity contribution >= 4 is 11.6 Å². The Morgan fingerprint density at radius 2 is 2.20 bits per heavy atom. The summed E-state index contributed by atoms with van der Waals surface area (Å²) in [5, 5.41) is 6.44. The number of aryl methyl sites for hydroxylation is 1. The maximum absolute atomic E-state index is 13.4. The zero-order valence-electron chi connectivity index (χ0n) is 10.7. The number of hydrogen-bond donors (Lipinski definition) is 1. The molecule has 1 N–H and O–H groups in total. The van der Waals surface area contributed by atoms with E-state index in [1.165, 1.54) is 17.9 Å². The molecule has 1 fully saturated rings. The van der Waals surface area contributed by atoms with Crippen LogP contribution in [0.25, 0.3) is 0 Å². The van der Waals surface area contributed by atoms with Crippen LogP contribution in [0.15, 0.2) is 12.4 Å². The molecule has 2 heterocycles. The number of rotatable bonds is 2. The lowest BCUT2D eigenvalue weighted by Crippen LogP contribution is -2.55. The third kappa shape index (κ3) is 3.09. The van der Waals surface area contributed by atoms with Crippen LogP contribution < -0.4 is 10.2 Å². The first kappa shape index (κ1) is 14.8. The van der Waals surface area contributed by atoms with Crippen LogP contribution in [0.1, 0.15) is 6.42 Å². The molecule has 2 atom stereocenters. The summed E-state index contributed by atoms with van der Waals surface area (Å²) in [5.74, 6) is -2.01. The van der Waals surface area contributed by atoms with Gasteiger partial charge in [-0.1, -0.05) is 0 Å². The Bertz CT molecular complexity index is 487. The van der Waals surface area contributed by atoms with Gasteiger partial charge in [-0.2, -0.15) is 18.3 Å². The number of aromatic nitrogens is 2. The van der Waals surface area contributed by atoms with E-state index in [1.807, 2.05) is 0 Å². The number of amides is 1. The summed E-state index contributed by atoms with van der Waals surface area (Å²) in [6, 6.07) is -0.892. The average Bonchev–Trinajstić information content (AvgIpc) is 2.75. The summed E-state index contributed by atoms with van der Waals surface area (Å²) in [7, 11) is 1.52. The monoisotopic (exact) mass is 294 g/mol. The Morgan fingerprint density at radius 1 is 1.50 bits per heavy atom. The van der Waals surface area contributed by atoms with Crippen molar-refractivity contribution < 1.29 is 22.4 Å². The molecule has 1 aliphatic heterocycles. The van der Waals surface area contributed by atoms with E-state index < -0.39 is 24.3 Å². The van der Waals surface area contributed by atoms with Crippen molar-refractivity contribution in [3.05, 3.63) is 12.4 Å². The standard InChI is InChI=1S/C11H14F4N4O/c1-18-6-9(5-17-18)19(10(20)11(13,14)15)8-2-7(12)3-16-4-8/h5-8,16H,2-4H2,1H3/t7-,8+/m0/s1. The van der Waals surface area contributed by atoms with Crippen molar-refractivity contribution in [2.24, 2.45) is 7.05 Å². The van der Waals surface area contributed by atoms with Gasteiger partial charge in [0.2, 0.25) is 0 Å². The minimum Gasteiger partial charge on any atom is -0.312 e. The average molecular weight is 294 g/mol. The Kier molecular flexibility index (Phi) is 3.98. The molecule has 0 bridgehead atoms. The van der Waals surface area contributed by atoms with Gasteiger partial charge < -0.3 is 5.32 Å². The number of carbonyl (C=O) groups excluding carboxylic acids is 1. The molecule has 0 aromatic carbocycles. The molecular weight excluding hydrogens is 280 g/mol. The van der Waals surface area contributed by atoms with Gasteiger partial charge in [-0.3, -0.25) is 14.4 Å². The number of alkyl halides is 4. The largest absolute Gasteiger partial charge is 0.471 e. The molecule has 1 aromatic heterocycles. The zero-order chi connectivity index (χ0) is 14.9. The van der Waals surface area contributed by atoms with Gasteiger partial charge in [0.15, 0.2) is 0 Å². The first-order valence-corrected chi connectivity index (χ1v) is 6.03. The summed E-state index contributed by atoms with van der Waals surface area (Å²) >= 11 is 0. The van der Waals surface area contributed by atoms with Crippen LogP contribution in [0.5, 0.6) is 0 Å². The van der Waals surface area contributed by atoms with Crippen LogP contribution in [0.2, 0.25) is 0 Å². The molecule has 112 valence electrons. The van der Waals surface area contributed by atoms with Crippen molar-refractivity contribution in [1.82, 2.24) is 15.1 Å². The molecule has 0 saturated carbocycles.